The van der Waals surface area contributed by atoms with Crippen molar-refractivity contribution in [3.05, 3.63) is 90.3 Å². The zero-order valence-electron chi connectivity index (χ0n) is 16.9. The molecule has 0 spiro atoms. The minimum Gasteiger partial charge on any atom is -0.508 e. The van der Waals surface area contributed by atoms with Gasteiger partial charge in [-0.05, 0) is 36.5 Å². The van der Waals surface area contributed by atoms with Crippen molar-refractivity contribution in [1.82, 2.24) is 14.9 Å². The minimum absolute atomic E-state index is 0.00329. The predicted octanol–water partition coefficient (Wildman–Crippen LogP) is 4.99. The lowest BCUT2D eigenvalue weighted by Crippen LogP contribution is -2.33. The van der Waals surface area contributed by atoms with E-state index in [2.05, 4.69) is 16.5 Å². The molecular formula is C24H22FN3O3. The Bertz CT molecular complexity index is 1080. The van der Waals surface area contributed by atoms with Gasteiger partial charge in [0, 0.05) is 18.7 Å². The molecule has 158 valence electrons. The fourth-order valence-corrected chi connectivity index (χ4v) is 3.13. The highest BCUT2D eigenvalue weighted by molar-refractivity contribution is 5.90. The van der Waals surface area contributed by atoms with Crippen LogP contribution in [0.1, 0.15) is 34.6 Å². The van der Waals surface area contributed by atoms with Crippen LogP contribution in [0, 0.1) is 11.7 Å². The molecule has 2 aromatic carbocycles. The van der Waals surface area contributed by atoms with E-state index in [1.165, 1.54) is 24.5 Å². The Morgan fingerprint density at radius 1 is 1.13 bits per heavy atom. The van der Waals surface area contributed by atoms with E-state index in [9.17, 15) is 14.3 Å². The maximum Gasteiger partial charge on any atom is 0.291 e. The van der Waals surface area contributed by atoms with Crippen molar-refractivity contribution < 1.29 is 19.0 Å². The standard InChI is InChI=1S/C24H22FN3O3/c1-16(29)19-10-8-18(9-11-19)15-28(14-17-6-7-17)24(30)23-26-12-20(13-27-23)31-22-5-3-2-4-21(22)25/h2-5,8-13,17,29H,1,6-7,14-15H2. The Morgan fingerprint density at radius 2 is 1.81 bits per heavy atom. The second kappa shape index (κ2) is 8.95. The summed E-state index contributed by atoms with van der Waals surface area (Å²) in [6, 6.07) is 13.3. The van der Waals surface area contributed by atoms with Crippen LogP contribution in [0.2, 0.25) is 0 Å². The number of aromatic nitrogens is 2. The van der Waals surface area contributed by atoms with Gasteiger partial charge in [-0.25, -0.2) is 14.4 Å². The highest BCUT2D eigenvalue weighted by Crippen LogP contribution is 2.31. The third-order valence-corrected chi connectivity index (χ3v) is 5.01. The number of aliphatic hydroxyl groups is 1. The summed E-state index contributed by atoms with van der Waals surface area (Å²) in [6.45, 7) is 4.55. The number of benzene rings is 2. The van der Waals surface area contributed by atoms with Crippen LogP contribution in [0.25, 0.3) is 5.76 Å². The number of carbonyl (C=O) groups is 1. The lowest BCUT2D eigenvalue weighted by Gasteiger charge is -2.22. The molecular weight excluding hydrogens is 397 g/mol. The highest BCUT2D eigenvalue weighted by Gasteiger charge is 2.28. The summed E-state index contributed by atoms with van der Waals surface area (Å²) >= 11 is 0. The van der Waals surface area contributed by atoms with Crippen LogP contribution in [0.3, 0.4) is 0 Å². The number of aliphatic hydroxyl groups excluding tert-OH is 1. The summed E-state index contributed by atoms with van der Waals surface area (Å²) in [5.41, 5.74) is 1.57. The quantitative estimate of drug-likeness (QED) is 0.521. The molecule has 0 atom stereocenters. The largest absolute Gasteiger partial charge is 0.508 e. The number of hydrogen-bond acceptors (Lipinski definition) is 5. The molecule has 0 saturated heterocycles. The van der Waals surface area contributed by atoms with Gasteiger partial charge in [0.25, 0.3) is 5.91 Å². The van der Waals surface area contributed by atoms with Crippen molar-refractivity contribution in [2.24, 2.45) is 5.92 Å². The summed E-state index contributed by atoms with van der Waals surface area (Å²) in [5.74, 6) is 0.0911. The van der Waals surface area contributed by atoms with Crippen molar-refractivity contribution in [1.29, 1.82) is 0 Å². The first kappa shape index (κ1) is 20.5. The van der Waals surface area contributed by atoms with Crippen LogP contribution < -0.4 is 4.74 Å². The van der Waals surface area contributed by atoms with E-state index in [0.717, 1.165) is 18.4 Å². The molecule has 1 N–H and O–H groups in total. The average molecular weight is 419 g/mol. The van der Waals surface area contributed by atoms with Gasteiger partial charge in [-0.1, -0.05) is 43.0 Å². The van der Waals surface area contributed by atoms with Gasteiger partial charge in [-0.3, -0.25) is 4.79 Å². The van der Waals surface area contributed by atoms with Crippen molar-refractivity contribution >= 4 is 11.7 Å². The number of para-hydroxylation sites is 1. The van der Waals surface area contributed by atoms with E-state index in [1.54, 1.807) is 29.2 Å². The SMILES string of the molecule is C=C(O)c1ccc(CN(CC2CC2)C(=O)c2ncc(Oc3ccccc3F)cn2)cc1. The van der Waals surface area contributed by atoms with Crippen LogP contribution >= 0.6 is 0 Å². The van der Waals surface area contributed by atoms with E-state index in [1.807, 2.05) is 12.1 Å². The molecule has 7 heteroatoms. The van der Waals surface area contributed by atoms with Crippen molar-refractivity contribution in [2.75, 3.05) is 6.54 Å². The van der Waals surface area contributed by atoms with E-state index in [0.29, 0.717) is 24.6 Å². The second-order valence-electron chi connectivity index (χ2n) is 7.55. The van der Waals surface area contributed by atoms with E-state index >= 15 is 0 Å². The molecule has 3 aromatic rings. The Labute approximate surface area is 179 Å². The molecule has 1 amide bonds. The number of hydrogen-bond donors (Lipinski definition) is 1. The Balaban J connectivity index is 1.47. The van der Waals surface area contributed by atoms with E-state index in [-0.39, 0.29) is 29.0 Å². The molecule has 0 unspecified atom stereocenters. The molecule has 0 aliphatic heterocycles. The predicted molar refractivity (Wildman–Crippen MR) is 114 cm³/mol. The maximum absolute atomic E-state index is 13.7. The zero-order chi connectivity index (χ0) is 21.8. The first-order valence-electron chi connectivity index (χ1n) is 10.0. The van der Waals surface area contributed by atoms with Crippen molar-refractivity contribution in [3.8, 4) is 11.5 Å². The van der Waals surface area contributed by atoms with Gasteiger partial charge in [0.15, 0.2) is 17.3 Å². The third-order valence-electron chi connectivity index (χ3n) is 5.01. The third kappa shape index (κ3) is 5.25. The monoisotopic (exact) mass is 419 g/mol. The number of amides is 1. The van der Waals surface area contributed by atoms with E-state index < -0.39 is 5.82 Å². The van der Waals surface area contributed by atoms with Gasteiger partial charge in [0.2, 0.25) is 5.82 Å². The minimum atomic E-state index is -0.492. The Morgan fingerprint density at radius 3 is 2.42 bits per heavy atom. The fourth-order valence-electron chi connectivity index (χ4n) is 3.13. The highest BCUT2D eigenvalue weighted by atomic mass is 19.1. The average Bonchev–Trinajstić information content (AvgIpc) is 3.59. The van der Waals surface area contributed by atoms with Gasteiger partial charge < -0.3 is 14.7 Å². The fraction of sp³-hybridized carbons (Fsp3) is 0.208. The molecule has 0 radical (unpaired) electrons. The Hall–Kier alpha value is -3.74. The van der Waals surface area contributed by atoms with Crippen LogP contribution in [0.5, 0.6) is 11.5 Å². The normalized spacial score (nSPS) is 12.9. The molecule has 1 aliphatic rings. The molecule has 1 fully saturated rings. The lowest BCUT2D eigenvalue weighted by atomic mass is 10.1. The Kier molecular flexibility index (Phi) is 5.93. The lowest BCUT2D eigenvalue weighted by molar-refractivity contribution is 0.0722. The van der Waals surface area contributed by atoms with Crippen LogP contribution in [-0.2, 0) is 6.54 Å². The summed E-state index contributed by atoms with van der Waals surface area (Å²) in [6.07, 6.45) is 4.93. The molecule has 0 bridgehead atoms. The summed E-state index contributed by atoms with van der Waals surface area (Å²) in [4.78, 5) is 23.1. The maximum atomic E-state index is 13.7. The first-order chi connectivity index (χ1) is 15.0. The summed E-state index contributed by atoms with van der Waals surface area (Å²) < 4.78 is 19.2. The number of carbonyl (C=O) groups excluding carboxylic acids is 1. The molecule has 1 heterocycles. The van der Waals surface area contributed by atoms with Crippen LogP contribution in [0.4, 0.5) is 4.39 Å². The number of nitrogens with zero attached hydrogens (tertiary/aromatic N) is 3. The molecule has 6 nitrogen and oxygen atoms in total. The summed E-state index contributed by atoms with van der Waals surface area (Å²) in [7, 11) is 0. The molecule has 31 heavy (non-hydrogen) atoms. The van der Waals surface area contributed by atoms with E-state index in [4.69, 9.17) is 4.74 Å². The smallest absolute Gasteiger partial charge is 0.291 e. The molecule has 4 rings (SSSR count). The van der Waals surface area contributed by atoms with Crippen molar-refractivity contribution in [3.63, 3.8) is 0 Å². The van der Waals surface area contributed by atoms with Gasteiger partial charge in [-0.15, -0.1) is 0 Å². The van der Waals surface area contributed by atoms with Gasteiger partial charge in [0.05, 0.1) is 12.4 Å². The van der Waals surface area contributed by atoms with Gasteiger partial charge >= 0.3 is 0 Å². The number of ether oxygens (including phenoxy) is 1. The zero-order valence-corrected chi connectivity index (χ0v) is 16.9. The summed E-state index contributed by atoms with van der Waals surface area (Å²) in [5, 5.41) is 9.48. The second-order valence-corrected chi connectivity index (χ2v) is 7.55. The molecule has 1 aliphatic carbocycles. The van der Waals surface area contributed by atoms with Crippen molar-refractivity contribution in [2.45, 2.75) is 19.4 Å². The topological polar surface area (TPSA) is 75.5 Å². The number of rotatable bonds is 8. The number of halogens is 1. The molecule has 1 aromatic heterocycles. The van der Waals surface area contributed by atoms with Crippen LogP contribution in [-0.4, -0.2) is 32.4 Å². The van der Waals surface area contributed by atoms with Crippen LogP contribution in [0.15, 0.2) is 67.5 Å². The van der Waals surface area contributed by atoms with Gasteiger partial charge in [0.1, 0.15) is 5.76 Å². The van der Waals surface area contributed by atoms with Gasteiger partial charge in [-0.2, -0.15) is 0 Å². The molecule has 1 saturated carbocycles. The first-order valence-corrected chi connectivity index (χ1v) is 10.0.